The van der Waals surface area contributed by atoms with Gasteiger partial charge in [0.2, 0.25) is 5.75 Å². The molecule has 0 radical (unpaired) electrons. The van der Waals surface area contributed by atoms with Crippen molar-refractivity contribution < 1.29 is 24.5 Å². The highest BCUT2D eigenvalue weighted by atomic mass is 16.5. The molecule has 0 saturated carbocycles. The van der Waals surface area contributed by atoms with Gasteiger partial charge in [0, 0.05) is 6.04 Å². The van der Waals surface area contributed by atoms with Gasteiger partial charge in [0.1, 0.15) is 0 Å². The SMILES string of the molecule is COc1cc(/C=C/C(N)CC(=O)O)cc(OC)c1O. The summed E-state index contributed by atoms with van der Waals surface area (Å²) in [5, 5.41) is 18.3. The number of carbonyl (C=O) groups is 1. The largest absolute Gasteiger partial charge is 0.502 e. The zero-order valence-corrected chi connectivity index (χ0v) is 10.8. The van der Waals surface area contributed by atoms with Gasteiger partial charge in [0.05, 0.1) is 20.6 Å². The van der Waals surface area contributed by atoms with Gasteiger partial charge in [-0.1, -0.05) is 12.2 Å². The van der Waals surface area contributed by atoms with Gasteiger partial charge in [-0.15, -0.1) is 0 Å². The first-order valence-electron chi connectivity index (χ1n) is 5.58. The first-order valence-corrected chi connectivity index (χ1v) is 5.58. The number of carboxylic acids is 1. The molecule has 6 heteroatoms. The minimum atomic E-state index is -0.960. The van der Waals surface area contributed by atoms with Crippen molar-refractivity contribution in [2.24, 2.45) is 5.73 Å². The summed E-state index contributed by atoms with van der Waals surface area (Å²) in [7, 11) is 2.86. The average molecular weight is 267 g/mol. The Hall–Kier alpha value is -2.21. The lowest BCUT2D eigenvalue weighted by atomic mass is 10.1. The monoisotopic (exact) mass is 267 g/mol. The van der Waals surface area contributed by atoms with E-state index in [0.29, 0.717) is 5.56 Å². The summed E-state index contributed by atoms with van der Waals surface area (Å²) >= 11 is 0. The molecule has 104 valence electrons. The summed E-state index contributed by atoms with van der Waals surface area (Å²) in [5.74, 6) is -0.508. The minimum absolute atomic E-state index is 0.0861. The molecule has 0 amide bonds. The molecule has 0 fully saturated rings. The molecule has 1 rings (SSSR count). The molecule has 0 bridgehead atoms. The number of aromatic hydroxyl groups is 1. The van der Waals surface area contributed by atoms with Gasteiger partial charge in [0.15, 0.2) is 11.5 Å². The van der Waals surface area contributed by atoms with Crippen LogP contribution in [0.15, 0.2) is 18.2 Å². The summed E-state index contributed by atoms with van der Waals surface area (Å²) in [6.07, 6.45) is 3.07. The van der Waals surface area contributed by atoms with Gasteiger partial charge >= 0.3 is 5.97 Å². The Bertz CT molecular complexity index is 459. The van der Waals surface area contributed by atoms with Crippen LogP contribution in [0.3, 0.4) is 0 Å². The maximum absolute atomic E-state index is 10.5. The number of nitrogens with two attached hydrogens (primary N) is 1. The van der Waals surface area contributed by atoms with Crippen LogP contribution in [0, 0.1) is 0 Å². The van der Waals surface area contributed by atoms with Crippen LogP contribution in [-0.2, 0) is 4.79 Å². The number of rotatable bonds is 6. The molecular formula is C13H17NO5. The van der Waals surface area contributed by atoms with Crippen molar-refractivity contribution in [2.45, 2.75) is 12.5 Å². The lowest BCUT2D eigenvalue weighted by Gasteiger charge is -2.09. The van der Waals surface area contributed by atoms with Crippen LogP contribution in [0.2, 0.25) is 0 Å². The van der Waals surface area contributed by atoms with Crippen molar-refractivity contribution in [3.05, 3.63) is 23.8 Å². The van der Waals surface area contributed by atoms with Crippen molar-refractivity contribution in [3.63, 3.8) is 0 Å². The third-order valence-corrected chi connectivity index (χ3v) is 2.45. The summed E-state index contributed by atoms with van der Waals surface area (Å²) < 4.78 is 10.0. The number of benzene rings is 1. The summed E-state index contributed by atoms with van der Waals surface area (Å²) in [6, 6.07) is 2.62. The number of hydrogen-bond acceptors (Lipinski definition) is 5. The fourth-order valence-electron chi connectivity index (χ4n) is 1.51. The number of aliphatic carboxylic acids is 1. The second kappa shape index (κ2) is 6.65. The van der Waals surface area contributed by atoms with Crippen molar-refractivity contribution in [2.75, 3.05) is 14.2 Å². The van der Waals surface area contributed by atoms with Gasteiger partial charge in [-0.05, 0) is 17.7 Å². The zero-order chi connectivity index (χ0) is 14.4. The average Bonchev–Trinajstić information content (AvgIpc) is 2.36. The molecule has 0 aliphatic carbocycles. The highest BCUT2D eigenvalue weighted by Gasteiger charge is 2.10. The Morgan fingerprint density at radius 3 is 2.32 bits per heavy atom. The molecule has 6 nitrogen and oxygen atoms in total. The normalized spacial score (nSPS) is 12.4. The molecule has 1 aromatic carbocycles. The number of ether oxygens (including phenoxy) is 2. The van der Waals surface area contributed by atoms with Crippen molar-refractivity contribution in [1.29, 1.82) is 0 Å². The number of carboxylic acid groups (broad SMARTS) is 1. The predicted octanol–water partition coefficient (Wildman–Crippen LogP) is 1.22. The zero-order valence-electron chi connectivity index (χ0n) is 10.8. The molecule has 0 heterocycles. The van der Waals surface area contributed by atoms with E-state index in [-0.39, 0.29) is 23.7 Å². The molecule has 0 aromatic heterocycles. The highest BCUT2D eigenvalue weighted by molar-refractivity contribution is 5.68. The van der Waals surface area contributed by atoms with Crippen molar-refractivity contribution in [3.8, 4) is 17.2 Å². The van der Waals surface area contributed by atoms with E-state index in [2.05, 4.69) is 0 Å². The van der Waals surface area contributed by atoms with Gasteiger partial charge in [-0.3, -0.25) is 4.79 Å². The third-order valence-electron chi connectivity index (χ3n) is 2.45. The topological polar surface area (TPSA) is 102 Å². The van der Waals surface area contributed by atoms with Crippen LogP contribution >= 0.6 is 0 Å². The second-order valence-corrected chi connectivity index (χ2v) is 3.89. The standard InChI is InChI=1S/C13H17NO5/c1-18-10-5-8(6-11(19-2)13(10)17)3-4-9(14)7-12(15)16/h3-6,9,17H,7,14H2,1-2H3,(H,15,16)/b4-3+. The van der Waals surface area contributed by atoms with Crippen molar-refractivity contribution in [1.82, 2.24) is 0 Å². The molecule has 1 aromatic rings. The summed E-state index contributed by atoms with van der Waals surface area (Å²) in [4.78, 5) is 10.5. The molecule has 19 heavy (non-hydrogen) atoms. The fourth-order valence-corrected chi connectivity index (χ4v) is 1.51. The molecule has 0 aliphatic heterocycles. The molecule has 0 saturated heterocycles. The third kappa shape index (κ3) is 4.18. The van der Waals surface area contributed by atoms with Crippen LogP contribution in [0.1, 0.15) is 12.0 Å². The first kappa shape index (κ1) is 14.8. The van der Waals surface area contributed by atoms with E-state index in [1.165, 1.54) is 14.2 Å². The predicted molar refractivity (Wildman–Crippen MR) is 70.5 cm³/mol. The van der Waals surface area contributed by atoms with E-state index >= 15 is 0 Å². The van der Waals surface area contributed by atoms with E-state index in [1.807, 2.05) is 0 Å². The molecule has 1 atom stereocenters. The molecule has 0 spiro atoms. The lowest BCUT2D eigenvalue weighted by molar-refractivity contribution is -0.137. The Kier molecular flexibility index (Phi) is 5.20. The van der Waals surface area contributed by atoms with Gasteiger partial charge in [0.25, 0.3) is 0 Å². The van der Waals surface area contributed by atoms with Gasteiger partial charge in [-0.25, -0.2) is 0 Å². The number of phenols is 1. The van der Waals surface area contributed by atoms with E-state index in [9.17, 15) is 9.90 Å². The summed E-state index contributed by atoms with van der Waals surface area (Å²) in [6.45, 7) is 0. The van der Waals surface area contributed by atoms with Gasteiger partial charge in [-0.2, -0.15) is 0 Å². The van der Waals surface area contributed by atoms with Crippen LogP contribution in [0.25, 0.3) is 6.08 Å². The highest BCUT2D eigenvalue weighted by Crippen LogP contribution is 2.37. The quantitative estimate of drug-likeness (QED) is 0.716. The first-order chi connectivity index (χ1) is 8.97. The Morgan fingerprint density at radius 1 is 1.37 bits per heavy atom. The van der Waals surface area contributed by atoms with Gasteiger partial charge < -0.3 is 25.4 Å². The van der Waals surface area contributed by atoms with Crippen LogP contribution in [-0.4, -0.2) is 36.4 Å². The Labute approximate surface area is 111 Å². The second-order valence-electron chi connectivity index (χ2n) is 3.89. The van der Waals surface area contributed by atoms with Crippen molar-refractivity contribution >= 4 is 12.0 Å². The molecule has 0 aliphatic rings. The molecular weight excluding hydrogens is 250 g/mol. The van der Waals surface area contributed by atoms with Crippen LogP contribution < -0.4 is 15.2 Å². The maximum Gasteiger partial charge on any atom is 0.305 e. The molecule has 1 unspecified atom stereocenters. The van der Waals surface area contributed by atoms with E-state index < -0.39 is 12.0 Å². The Balaban J connectivity index is 2.95. The van der Waals surface area contributed by atoms with E-state index in [4.69, 9.17) is 20.3 Å². The van der Waals surface area contributed by atoms with E-state index in [0.717, 1.165) is 0 Å². The maximum atomic E-state index is 10.5. The number of phenolic OH excluding ortho intramolecular Hbond substituents is 1. The van der Waals surface area contributed by atoms with Crippen LogP contribution in [0.5, 0.6) is 17.2 Å². The minimum Gasteiger partial charge on any atom is -0.502 e. The van der Waals surface area contributed by atoms with E-state index in [1.54, 1.807) is 24.3 Å². The lowest BCUT2D eigenvalue weighted by Crippen LogP contribution is -2.20. The van der Waals surface area contributed by atoms with Crippen LogP contribution in [0.4, 0.5) is 0 Å². The summed E-state index contributed by atoms with van der Waals surface area (Å²) in [5.41, 5.74) is 6.30. The Morgan fingerprint density at radius 2 is 1.89 bits per heavy atom. The number of methoxy groups -OCH3 is 2. The molecule has 4 N–H and O–H groups in total. The number of hydrogen-bond donors (Lipinski definition) is 3. The fraction of sp³-hybridized carbons (Fsp3) is 0.308. The smallest absolute Gasteiger partial charge is 0.305 e.